The van der Waals surface area contributed by atoms with E-state index in [1.807, 2.05) is 18.2 Å². The molecule has 1 amide bonds. The van der Waals surface area contributed by atoms with Gasteiger partial charge in [-0.15, -0.1) is 0 Å². The number of carbonyl (C=O) groups is 1. The second-order valence-electron chi connectivity index (χ2n) is 5.75. The minimum absolute atomic E-state index is 0.134. The van der Waals surface area contributed by atoms with E-state index < -0.39 is 0 Å². The van der Waals surface area contributed by atoms with Gasteiger partial charge in [0.15, 0.2) is 0 Å². The fourth-order valence-electron chi connectivity index (χ4n) is 2.88. The molecule has 1 aliphatic rings. The molecule has 0 heterocycles. The highest BCUT2D eigenvalue weighted by atomic mass is 16.5. The van der Waals surface area contributed by atoms with Crippen molar-refractivity contribution in [1.29, 1.82) is 0 Å². The van der Waals surface area contributed by atoms with Gasteiger partial charge in [-0.1, -0.05) is 30.4 Å². The summed E-state index contributed by atoms with van der Waals surface area (Å²) in [6, 6.07) is 12.3. The molecule has 3 heteroatoms. The fraction of sp³-hybridized carbons (Fsp3) is 0.316. The molecule has 3 rings (SSSR count). The Labute approximate surface area is 131 Å². The first-order chi connectivity index (χ1) is 10.8. The molecule has 22 heavy (non-hydrogen) atoms. The minimum Gasteiger partial charge on any atom is -0.497 e. The molecule has 1 N–H and O–H groups in total. The molecule has 0 saturated carbocycles. The van der Waals surface area contributed by atoms with Crippen LogP contribution >= 0.6 is 0 Å². The second-order valence-corrected chi connectivity index (χ2v) is 5.75. The summed E-state index contributed by atoms with van der Waals surface area (Å²) >= 11 is 0. The number of fused-ring (bicyclic) bond motifs is 1. The zero-order valence-corrected chi connectivity index (χ0v) is 12.8. The van der Waals surface area contributed by atoms with Gasteiger partial charge >= 0.3 is 0 Å². The van der Waals surface area contributed by atoms with Gasteiger partial charge in [0.1, 0.15) is 5.75 Å². The minimum atomic E-state index is 0.134. The van der Waals surface area contributed by atoms with E-state index in [4.69, 9.17) is 4.74 Å². The van der Waals surface area contributed by atoms with Crippen LogP contribution in [-0.2, 0) is 11.3 Å². The van der Waals surface area contributed by atoms with Crippen LogP contribution in [0.3, 0.4) is 0 Å². The standard InChI is InChI=1S/C19H21NO2/c1-22-18-10-9-16-11-14(7-8-17(16)12-18)13-20-19(21)15-5-3-2-4-6-15/h2-3,7-12,15H,4-6,13H2,1H3,(H,20,21). The third-order valence-corrected chi connectivity index (χ3v) is 4.22. The monoisotopic (exact) mass is 295 g/mol. The molecule has 0 radical (unpaired) electrons. The highest BCUT2D eigenvalue weighted by molar-refractivity contribution is 5.85. The number of methoxy groups -OCH3 is 1. The van der Waals surface area contributed by atoms with Gasteiger partial charge in [-0.2, -0.15) is 0 Å². The van der Waals surface area contributed by atoms with Gasteiger partial charge < -0.3 is 10.1 Å². The molecule has 0 aromatic heterocycles. The summed E-state index contributed by atoms with van der Waals surface area (Å²) in [6.45, 7) is 0.584. The Balaban J connectivity index is 1.66. The molecule has 1 aliphatic carbocycles. The summed E-state index contributed by atoms with van der Waals surface area (Å²) in [7, 11) is 1.67. The first-order valence-corrected chi connectivity index (χ1v) is 7.75. The van der Waals surface area contributed by atoms with Crippen LogP contribution in [0, 0.1) is 5.92 Å². The Morgan fingerprint density at radius 2 is 2.00 bits per heavy atom. The highest BCUT2D eigenvalue weighted by Gasteiger charge is 2.17. The maximum Gasteiger partial charge on any atom is 0.223 e. The average molecular weight is 295 g/mol. The van der Waals surface area contributed by atoms with Crippen molar-refractivity contribution < 1.29 is 9.53 Å². The SMILES string of the molecule is COc1ccc2cc(CNC(=O)C3CC=CCC3)ccc2c1. The van der Waals surface area contributed by atoms with Crippen molar-refractivity contribution in [3.8, 4) is 5.75 Å². The van der Waals surface area contributed by atoms with E-state index in [9.17, 15) is 4.79 Å². The van der Waals surface area contributed by atoms with Gasteiger partial charge in [0, 0.05) is 12.5 Å². The topological polar surface area (TPSA) is 38.3 Å². The number of hydrogen-bond donors (Lipinski definition) is 1. The Hall–Kier alpha value is -2.29. The number of allylic oxidation sites excluding steroid dienone is 2. The van der Waals surface area contributed by atoms with Gasteiger partial charge in [-0.3, -0.25) is 4.79 Å². The number of ether oxygens (including phenoxy) is 1. The van der Waals surface area contributed by atoms with Crippen molar-refractivity contribution in [3.05, 3.63) is 54.1 Å². The van der Waals surface area contributed by atoms with E-state index >= 15 is 0 Å². The Kier molecular flexibility index (Phi) is 4.42. The van der Waals surface area contributed by atoms with Crippen molar-refractivity contribution in [2.45, 2.75) is 25.8 Å². The maximum atomic E-state index is 12.2. The average Bonchev–Trinajstić information content (AvgIpc) is 2.59. The van der Waals surface area contributed by atoms with Crippen molar-refractivity contribution in [2.24, 2.45) is 5.92 Å². The summed E-state index contributed by atoms with van der Waals surface area (Å²) in [5.41, 5.74) is 1.12. The summed E-state index contributed by atoms with van der Waals surface area (Å²) in [4.78, 5) is 12.2. The van der Waals surface area contributed by atoms with Gasteiger partial charge in [0.25, 0.3) is 0 Å². The van der Waals surface area contributed by atoms with Crippen LogP contribution in [0.5, 0.6) is 5.75 Å². The molecule has 0 spiro atoms. The predicted molar refractivity (Wildman–Crippen MR) is 88.8 cm³/mol. The lowest BCUT2D eigenvalue weighted by atomic mass is 9.93. The molecule has 114 valence electrons. The Morgan fingerprint density at radius 1 is 1.18 bits per heavy atom. The fourth-order valence-corrected chi connectivity index (χ4v) is 2.88. The molecule has 0 saturated heterocycles. The summed E-state index contributed by atoms with van der Waals surface area (Å²) in [5, 5.41) is 5.36. The van der Waals surface area contributed by atoms with Gasteiger partial charge in [-0.25, -0.2) is 0 Å². The first kappa shape index (κ1) is 14.6. The van der Waals surface area contributed by atoms with Crippen molar-refractivity contribution in [1.82, 2.24) is 5.32 Å². The third-order valence-electron chi connectivity index (χ3n) is 4.22. The Bertz CT molecular complexity index is 706. The van der Waals surface area contributed by atoms with E-state index in [0.29, 0.717) is 6.54 Å². The van der Waals surface area contributed by atoms with Crippen LogP contribution in [0.4, 0.5) is 0 Å². The van der Waals surface area contributed by atoms with Crippen molar-refractivity contribution in [2.75, 3.05) is 7.11 Å². The van der Waals surface area contributed by atoms with E-state index in [1.165, 1.54) is 0 Å². The van der Waals surface area contributed by atoms with Crippen LogP contribution < -0.4 is 10.1 Å². The largest absolute Gasteiger partial charge is 0.497 e. The molecular weight excluding hydrogens is 274 g/mol. The quantitative estimate of drug-likeness (QED) is 0.871. The van der Waals surface area contributed by atoms with Gasteiger partial charge in [0.2, 0.25) is 5.91 Å². The zero-order chi connectivity index (χ0) is 15.4. The first-order valence-electron chi connectivity index (χ1n) is 7.75. The number of amides is 1. The molecule has 1 atom stereocenters. The number of carbonyl (C=O) groups excluding carboxylic acids is 1. The predicted octanol–water partition coefficient (Wildman–Crippen LogP) is 3.82. The number of rotatable bonds is 4. The normalized spacial score (nSPS) is 17.4. The molecule has 0 aliphatic heterocycles. The summed E-state index contributed by atoms with van der Waals surface area (Å²) < 4.78 is 5.24. The second kappa shape index (κ2) is 6.65. The van der Waals surface area contributed by atoms with Gasteiger partial charge in [-0.05, 0) is 53.8 Å². The summed E-state index contributed by atoms with van der Waals surface area (Å²) in [6.07, 6.45) is 7.09. The lowest BCUT2D eigenvalue weighted by Gasteiger charge is -2.17. The lowest BCUT2D eigenvalue weighted by molar-refractivity contribution is -0.125. The maximum absolute atomic E-state index is 12.2. The highest BCUT2D eigenvalue weighted by Crippen LogP contribution is 2.22. The van der Waals surface area contributed by atoms with E-state index in [-0.39, 0.29) is 11.8 Å². The Morgan fingerprint density at radius 3 is 2.77 bits per heavy atom. The molecular formula is C19H21NO2. The van der Waals surface area contributed by atoms with Crippen LogP contribution in [0.1, 0.15) is 24.8 Å². The number of benzene rings is 2. The van der Waals surface area contributed by atoms with E-state index in [2.05, 4.69) is 35.7 Å². The van der Waals surface area contributed by atoms with Gasteiger partial charge in [0.05, 0.1) is 7.11 Å². The molecule has 0 fully saturated rings. The van der Waals surface area contributed by atoms with E-state index in [1.54, 1.807) is 7.11 Å². The molecule has 1 unspecified atom stereocenters. The van der Waals surface area contributed by atoms with Crippen LogP contribution in [0.15, 0.2) is 48.6 Å². The number of nitrogens with one attached hydrogen (secondary N) is 1. The van der Waals surface area contributed by atoms with Crippen LogP contribution in [0.25, 0.3) is 10.8 Å². The van der Waals surface area contributed by atoms with Crippen LogP contribution in [-0.4, -0.2) is 13.0 Å². The lowest BCUT2D eigenvalue weighted by Crippen LogP contribution is -2.30. The molecule has 0 bridgehead atoms. The molecule has 3 nitrogen and oxygen atoms in total. The van der Waals surface area contributed by atoms with Crippen LogP contribution in [0.2, 0.25) is 0 Å². The number of hydrogen-bond acceptors (Lipinski definition) is 2. The van der Waals surface area contributed by atoms with Crippen molar-refractivity contribution >= 4 is 16.7 Å². The molecule has 2 aromatic rings. The van der Waals surface area contributed by atoms with Crippen molar-refractivity contribution in [3.63, 3.8) is 0 Å². The third kappa shape index (κ3) is 3.30. The zero-order valence-electron chi connectivity index (χ0n) is 12.8. The summed E-state index contributed by atoms with van der Waals surface area (Å²) in [5.74, 6) is 1.16. The molecule has 2 aromatic carbocycles. The van der Waals surface area contributed by atoms with E-state index in [0.717, 1.165) is 41.3 Å². The smallest absolute Gasteiger partial charge is 0.223 e.